The number of nitrogens with zero attached hydrogens (tertiary/aromatic N) is 2. The van der Waals surface area contributed by atoms with Gasteiger partial charge in [-0.05, 0) is 11.6 Å². The van der Waals surface area contributed by atoms with Crippen LogP contribution in [0.5, 0.6) is 0 Å². The van der Waals surface area contributed by atoms with Gasteiger partial charge in [0, 0.05) is 6.21 Å². The van der Waals surface area contributed by atoms with Crippen molar-refractivity contribution in [3.8, 4) is 0 Å². The average Bonchev–Trinajstić information content (AvgIpc) is 2.18. The van der Waals surface area contributed by atoms with Gasteiger partial charge in [-0.3, -0.25) is 0 Å². The lowest BCUT2D eigenvalue weighted by Gasteiger charge is -1.87. The zero-order valence-corrected chi connectivity index (χ0v) is 7.67. The van der Waals surface area contributed by atoms with Crippen molar-refractivity contribution < 1.29 is 0 Å². The molecule has 4 N–H and O–H groups in total. The summed E-state index contributed by atoms with van der Waals surface area (Å²) >= 11 is 0. The molecule has 0 fully saturated rings. The van der Waals surface area contributed by atoms with Gasteiger partial charge in [-0.1, -0.05) is 36.4 Å². The van der Waals surface area contributed by atoms with Crippen molar-refractivity contribution in [2.45, 2.75) is 0 Å². The van der Waals surface area contributed by atoms with E-state index in [1.54, 1.807) is 6.08 Å². The zero-order chi connectivity index (χ0) is 10.2. The predicted octanol–water partition coefficient (Wildman–Crippen LogP) is 0.959. The number of rotatable bonds is 3. The molecule has 4 heteroatoms. The molecule has 0 aliphatic carbocycles. The Bertz CT molecular complexity index is 348. The van der Waals surface area contributed by atoms with E-state index >= 15 is 0 Å². The van der Waals surface area contributed by atoms with E-state index in [0.717, 1.165) is 5.56 Å². The number of hydrogen-bond acceptors (Lipinski definition) is 2. The largest absolute Gasteiger partial charge is 0.369 e. The summed E-state index contributed by atoms with van der Waals surface area (Å²) in [4.78, 5) is 0. The summed E-state index contributed by atoms with van der Waals surface area (Å²) in [5.41, 5.74) is 11.3. The Kier molecular flexibility index (Phi) is 3.94. The smallest absolute Gasteiger partial charge is 0.211 e. The van der Waals surface area contributed by atoms with E-state index in [4.69, 9.17) is 11.5 Å². The lowest BCUT2D eigenvalue weighted by molar-refractivity contribution is 1.22. The van der Waals surface area contributed by atoms with E-state index in [1.165, 1.54) is 6.21 Å². The molecule has 0 saturated heterocycles. The predicted molar refractivity (Wildman–Crippen MR) is 59.8 cm³/mol. The van der Waals surface area contributed by atoms with Crippen LogP contribution in [0.1, 0.15) is 5.56 Å². The van der Waals surface area contributed by atoms with Crippen LogP contribution in [-0.4, -0.2) is 12.2 Å². The van der Waals surface area contributed by atoms with Crippen LogP contribution >= 0.6 is 0 Å². The van der Waals surface area contributed by atoms with E-state index < -0.39 is 0 Å². The summed E-state index contributed by atoms with van der Waals surface area (Å²) in [6.07, 6.45) is 5.19. The Labute approximate surface area is 82.6 Å². The number of nitrogens with two attached hydrogens (primary N) is 2. The van der Waals surface area contributed by atoms with Crippen LogP contribution < -0.4 is 11.5 Å². The zero-order valence-electron chi connectivity index (χ0n) is 7.67. The summed E-state index contributed by atoms with van der Waals surface area (Å²) < 4.78 is 0. The van der Waals surface area contributed by atoms with Crippen LogP contribution in [0.2, 0.25) is 0 Å². The van der Waals surface area contributed by atoms with Crippen molar-refractivity contribution in [2.24, 2.45) is 21.7 Å². The fraction of sp³-hybridized carbons (Fsp3) is 0. The molecule has 0 atom stereocenters. The highest BCUT2D eigenvalue weighted by Crippen LogP contribution is 1.99. The summed E-state index contributed by atoms with van der Waals surface area (Å²) in [7, 11) is 0. The quantitative estimate of drug-likeness (QED) is 0.421. The lowest BCUT2D eigenvalue weighted by atomic mass is 10.2. The molecule has 0 amide bonds. The summed E-state index contributed by atoms with van der Waals surface area (Å²) in [5.74, 6) is -0.0469. The minimum absolute atomic E-state index is 0.0469. The van der Waals surface area contributed by atoms with Gasteiger partial charge >= 0.3 is 0 Å². The molecule has 0 radical (unpaired) electrons. The van der Waals surface area contributed by atoms with Crippen LogP contribution in [0.4, 0.5) is 0 Å². The minimum Gasteiger partial charge on any atom is -0.369 e. The summed E-state index contributed by atoms with van der Waals surface area (Å²) in [6, 6.07) is 9.88. The molecular formula is C10H12N4. The van der Waals surface area contributed by atoms with Gasteiger partial charge in [0.2, 0.25) is 5.96 Å². The Hall–Kier alpha value is -2.10. The molecule has 1 aromatic rings. The summed E-state index contributed by atoms with van der Waals surface area (Å²) in [6.45, 7) is 0. The minimum atomic E-state index is -0.0469. The monoisotopic (exact) mass is 188 g/mol. The number of benzene rings is 1. The molecule has 4 nitrogen and oxygen atoms in total. The van der Waals surface area contributed by atoms with Gasteiger partial charge in [0.15, 0.2) is 0 Å². The third kappa shape index (κ3) is 4.06. The molecule has 0 saturated carbocycles. The highest BCUT2D eigenvalue weighted by atomic mass is 15.3. The van der Waals surface area contributed by atoms with Gasteiger partial charge < -0.3 is 11.5 Å². The normalized spacial score (nSPS) is 10.9. The molecule has 0 unspecified atom stereocenters. The topological polar surface area (TPSA) is 76.8 Å². The van der Waals surface area contributed by atoms with Crippen molar-refractivity contribution in [2.75, 3.05) is 0 Å². The number of allylic oxidation sites excluding steroid dienone is 1. The molecule has 0 aliphatic rings. The fourth-order valence-corrected chi connectivity index (χ4v) is 0.857. The second kappa shape index (κ2) is 5.53. The van der Waals surface area contributed by atoms with E-state index in [9.17, 15) is 0 Å². The van der Waals surface area contributed by atoms with Crippen molar-refractivity contribution in [3.63, 3.8) is 0 Å². The van der Waals surface area contributed by atoms with Crippen LogP contribution in [0.25, 0.3) is 6.08 Å². The third-order valence-electron chi connectivity index (χ3n) is 1.41. The number of guanidine groups is 1. The lowest BCUT2D eigenvalue weighted by Crippen LogP contribution is -2.21. The van der Waals surface area contributed by atoms with E-state index in [-0.39, 0.29) is 5.96 Å². The molecule has 0 aliphatic heterocycles. The van der Waals surface area contributed by atoms with Gasteiger partial charge in [0.05, 0.1) is 0 Å². The maximum Gasteiger partial charge on any atom is 0.211 e. The van der Waals surface area contributed by atoms with Crippen molar-refractivity contribution in [1.82, 2.24) is 0 Å². The van der Waals surface area contributed by atoms with Crippen molar-refractivity contribution >= 4 is 18.3 Å². The third-order valence-corrected chi connectivity index (χ3v) is 1.41. The first kappa shape index (κ1) is 9.98. The maximum atomic E-state index is 5.08. The first-order valence-electron chi connectivity index (χ1n) is 4.13. The van der Waals surface area contributed by atoms with Crippen LogP contribution in [0.3, 0.4) is 0 Å². The van der Waals surface area contributed by atoms with Crippen LogP contribution in [0.15, 0.2) is 46.6 Å². The standard InChI is InChI=1S/C10H12N4/c11-10(12)14-13-8-4-7-9-5-2-1-3-6-9/h1-8H,(H4,11,12,14)/b7-4-,13-8?. The molecule has 1 aromatic carbocycles. The molecule has 0 aromatic heterocycles. The molecule has 72 valence electrons. The van der Waals surface area contributed by atoms with Crippen LogP contribution in [0, 0.1) is 0 Å². The second-order valence-corrected chi connectivity index (χ2v) is 2.56. The second-order valence-electron chi connectivity index (χ2n) is 2.56. The molecule has 0 spiro atoms. The Balaban J connectivity index is 2.50. The van der Waals surface area contributed by atoms with E-state index in [1.807, 2.05) is 36.4 Å². The van der Waals surface area contributed by atoms with E-state index in [2.05, 4.69) is 10.2 Å². The van der Waals surface area contributed by atoms with Gasteiger partial charge in [0.25, 0.3) is 0 Å². The average molecular weight is 188 g/mol. The molecule has 1 rings (SSSR count). The van der Waals surface area contributed by atoms with Gasteiger partial charge in [-0.15, -0.1) is 5.10 Å². The van der Waals surface area contributed by atoms with Gasteiger partial charge in [0.1, 0.15) is 0 Å². The fourth-order valence-electron chi connectivity index (χ4n) is 0.857. The first-order valence-corrected chi connectivity index (χ1v) is 4.13. The molecule has 14 heavy (non-hydrogen) atoms. The Morgan fingerprint density at radius 2 is 1.86 bits per heavy atom. The highest BCUT2D eigenvalue weighted by molar-refractivity contribution is 5.80. The van der Waals surface area contributed by atoms with Crippen molar-refractivity contribution in [1.29, 1.82) is 0 Å². The van der Waals surface area contributed by atoms with Gasteiger partial charge in [-0.2, -0.15) is 5.10 Å². The molecule has 0 heterocycles. The highest BCUT2D eigenvalue weighted by Gasteiger charge is 1.79. The summed E-state index contributed by atoms with van der Waals surface area (Å²) in [5, 5.41) is 7.06. The SMILES string of the molecule is NC(N)=NN=C/C=C\c1ccccc1. The van der Waals surface area contributed by atoms with Gasteiger partial charge in [-0.25, -0.2) is 0 Å². The maximum absolute atomic E-state index is 5.08. The van der Waals surface area contributed by atoms with Crippen molar-refractivity contribution in [3.05, 3.63) is 42.0 Å². The first-order chi connectivity index (χ1) is 6.79. The Morgan fingerprint density at radius 1 is 1.14 bits per heavy atom. The van der Waals surface area contributed by atoms with Crippen LogP contribution in [-0.2, 0) is 0 Å². The number of hydrogen-bond donors (Lipinski definition) is 2. The van der Waals surface area contributed by atoms with E-state index in [0.29, 0.717) is 0 Å². The molecule has 0 bridgehead atoms. The molecular weight excluding hydrogens is 176 g/mol. The Morgan fingerprint density at radius 3 is 2.50 bits per heavy atom.